The van der Waals surface area contributed by atoms with Gasteiger partial charge < -0.3 is 10.1 Å². The molecule has 1 aliphatic heterocycles. The van der Waals surface area contributed by atoms with Crippen LogP contribution in [-0.4, -0.2) is 27.3 Å². The standard InChI is InChI=1S/C17H20N4O2S/c22-16(9-14-13-4-2-1-3-11(13)7-8-23-14)18-10-15-19-20-17(24)21(15)12-5-6-12/h1-4,12,14H,5-10H2,(H,18,22)(H,20,24). The first-order valence-corrected chi connectivity index (χ1v) is 8.75. The minimum atomic E-state index is -0.167. The fourth-order valence-electron chi connectivity index (χ4n) is 3.24. The number of H-pyrrole nitrogens is 1. The zero-order chi connectivity index (χ0) is 16.5. The van der Waals surface area contributed by atoms with Crippen molar-refractivity contribution in [1.29, 1.82) is 0 Å². The van der Waals surface area contributed by atoms with E-state index in [0.717, 1.165) is 30.7 Å². The smallest absolute Gasteiger partial charge is 0.223 e. The third-order valence-corrected chi connectivity index (χ3v) is 4.88. The van der Waals surface area contributed by atoms with E-state index < -0.39 is 0 Å². The van der Waals surface area contributed by atoms with Crippen molar-refractivity contribution in [3.63, 3.8) is 0 Å². The predicted molar refractivity (Wildman–Crippen MR) is 91.0 cm³/mol. The zero-order valence-corrected chi connectivity index (χ0v) is 14.1. The molecule has 2 aliphatic rings. The van der Waals surface area contributed by atoms with Gasteiger partial charge >= 0.3 is 0 Å². The maximum Gasteiger partial charge on any atom is 0.223 e. The lowest BCUT2D eigenvalue weighted by molar-refractivity contribution is -0.124. The summed E-state index contributed by atoms with van der Waals surface area (Å²) in [6.07, 6.45) is 3.32. The van der Waals surface area contributed by atoms with E-state index in [1.54, 1.807) is 0 Å². The van der Waals surface area contributed by atoms with Gasteiger partial charge in [-0.2, -0.15) is 5.10 Å². The Hall–Kier alpha value is -1.99. The molecule has 1 aromatic carbocycles. The summed E-state index contributed by atoms with van der Waals surface area (Å²) in [6.45, 7) is 1.05. The molecule has 4 rings (SSSR count). The van der Waals surface area contributed by atoms with Crippen LogP contribution >= 0.6 is 12.2 Å². The number of nitrogens with zero attached hydrogens (tertiary/aromatic N) is 2. The van der Waals surface area contributed by atoms with Crippen molar-refractivity contribution in [3.8, 4) is 0 Å². The number of carbonyl (C=O) groups excluding carboxylic acids is 1. The van der Waals surface area contributed by atoms with Crippen LogP contribution in [0, 0.1) is 4.77 Å². The number of aromatic amines is 1. The summed E-state index contributed by atoms with van der Waals surface area (Å²) in [5.74, 6) is 0.758. The molecular weight excluding hydrogens is 324 g/mol. The first kappa shape index (κ1) is 15.5. The Kier molecular flexibility index (Phi) is 4.20. The van der Waals surface area contributed by atoms with E-state index in [1.165, 1.54) is 5.56 Å². The number of rotatable bonds is 5. The molecule has 1 atom stereocenters. The van der Waals surface area contributed by atoms with Crippen molar-refractivity contribution in [2.75, 3.05) is 6.61 Å². The van der Waals surface area contributed by atoms with Crippen LogP contribution in [0.5, 0.6) is 0 Å². The van der Waals surface area contributed by atoms with Crippen molar-refractivity contribution in [3.05, 3.63) is 46.0 Å². The molecule has 0 radical (unpaired) electrons. The van der Waals surface area contributed by atoms with Gasteiger partial charge in [-0.05, 0) is 42.6 Å². The van der Waals surface area contributed by atoms with Crippen LogP contribution in [0.3, 0.4) is 0 Å². The molecule has 1 aliphatic carbocycles. The van der Waals surface area contributed by atoms with Gasteiger partial charge in [0.05, 0.1) is 25.7 Å². The first-order valence-electron chi connectivity index (χ1n) is 8.34. The molecule has 2 heterocycles. The molecule has 1 saturated carbocycles. The summed E-state index contributed by atoms with van der Waals surface area (Å²) in [5, 5.41) is 9.99. The molecule has 1 unspecified atom stereocenters. The summed E-state index contributed by atoms with van der Waals surface area (Å²) in [5.41, 5.74) is 2.40. The SMILES string of the molecule is O=C(CC1OCCc2ccccc21)NCc1n[nH]c(=S)n1C1CC1. The topological polar surface area (TPSA) is 71.9 Å². The van der Waals surface area contributed by atoms with E-state index >= 15 is 0 Å². The van der Waals surface area contributed by atoms with Crippen molar-refractivity contribution in [1.82, 2.24) is 20.1 Å². The van der Waals surface area contributed by atoms with Crippen molar-refractivity contribution >= 4 is 18.1 Å². The van der Waals surface area contributed by atoms with E-state index in [9.17, 15) is 4.79 Å². The fraction of sp³-hybridized carbons (Fsp3) is 0.471. The number of carbonyl (C=O) groups is 1. The normalized spacial score (nSPS) is 19.8. The monoisotopic (exact) mass is 344 g/mol. The number of benzene rings is 1. The van der Waals surface area contributed by atoms with Gasteiger partial charge in [0.1, 0.15) is 0 Å². The second-order valence-corrected chi connectivity index (χ2v) is 6.72. The molecule has 1 aromatic heterocycles. The Morgan fingerprint density at radius 1 is 1.42 bits per heavy atom. The Bertz CT molecular complexity index is 809. The number of hydrogen-bond donors (Lipinski definition) is 2. The van der Waals surface area contributed by atoms with Gasteiger partial charge in [0.15, 0.2) is 10.6 Å². The second-order valence-electron chi connectivity index (χ2n) is 6.34. The van der Waals surface area contributed by atoms with Gasteiger partial charge in [-0.1, -0.05) is 24.3 Å². The molecule has 126 valence electrons. The Labute approximate surface area is 145 Å². The van der Waals surface area contributed by atoms with E-state index in [2.05, 4.69) is 21.6 Å². The third kappa shape index (κ3) is 3.14. The van der Waals surface area contributed by atoms with Gasteiger partial charge in [0.2, 0.25) is 5.91 Å². The quantitative estimate of drug-likeness (QED) is 0.818. The van der Waals surface area contributed by atoms with Crippen LogP contribution in [0.25, 0.3) is 0 Å². The molecule has 0 bridgehead atoms. The fourth-order valence-corrected chi connectivity index (χ4v) is 3.54. The largest absolute Gasteiger partial charge is 0.373 e. The highest BCUT2D eigenvalue weighted by molar-refractivity contribution is 7.71. The maximum atomic E-state index is 12.3. The van der Waals surface area contributed by atoms with E-state index in [0.29, 0.717) is 30.4 Å². The summed E-state index contributed by atoms with van der Waals surface area (Å²) in [7, 11) is 0. The van der Waals surface area contributed by atoms with Gasteiger partial charge in [0.25, 0.3) is 0 Å². The van der Waals surface area contributed by atoms with Crippen molar-refractivity contribution in [2.24, 2.45) is 0 Å². The molecular formula is C17H20N4O2S. The number of fused-ring (bicyclic) bond motifs is 1. The highest BCUT2D eigenvalue weighted by Crippen LogP contribution is 2.35. The Morgan fingerprint density at radius 3 is 3.08 bits per heavy atom. The van der Waals surface area contributed by atoms with Crippen LogP contribution in [-0.2, 0) is 22.5 Å². The van der Waals surface area contributed by atoms with E-state index in [1.807, 2.05) is 22.8 Å². The molecule has 1 amide bonds. The number of hydrogen-bond acceptors (Lipinski definition) is 4. The van der Waals surface area contributed by atoms with E-state index in [-0.39, 0.29) is 12.0 Å². The number of nitrogens with one attached hydrogen (secondary N) is 2. The zero-order valence-electron chi connectivity index (χ0n) is 13.3. The van der Waals surface area contributed by atoms with Crippen LogP contribution in [0.15, 0.2) is 24.3 Å². The number of aromatic nitrogens is 3. The predicted octanol–water partition coefficient (Wildman–Crippen LogP) is 2.60. The molecule has 24 heavy (non-hydrogen) atoms. The van der Waals surface area contributed by atoms with Crippen LogP contribution < -0.4 is 5.32 Å². The first-order chi connectivity index (χ1) is 11.7. The van der Waals surface area contributed by atoms with Gasteiger partial charge in [-0.25, -0.2) is 0 Å². The molecule has 2 N–H and O–H groups in total. The van der Waals surface area contributed by atoms with Crippen LogP contribution in [0.1, 0.15) is 48.4 Å². The molecule has 0 spiro atoms. The molecule has 0 saturated heterocycles. The highest BCUT2D eigenvalue weighted by atomic mass is 32.1. The Morgan fingerprint density at radius 2 is 2.25 bits per heavy atom. The molecule has 7 heteroatoms. The average molecular weight is 344 g/mol. The van der Waals surface area contributed by atoms with Crippen LogP contribution in [0.2, 0.25) is 0 Å². The van der Waals surface area contributed by atoms with Crippen molar-refractivity contribution in [2.45, 2.75) is 44.4 Å². The summed E-state index contributed by atoms with van der Waals surface area (Å²) >= 11 is 5.26. The summed E-state index contributed by atoms with van der Waals surface area (Å²) in [4.78, 5) is 12.3. The lowest BCUT2D eigenvalue weighted by atomic mass is 9.96. The van der Waals surface area contributed by atoms with Gasteiger partial charge in [-0.15, -0.1) is 0 Å². The number of ether oxygens (including phenoxy) is 1. The summed E-state index contributed by atoms with van der Waals surface area (Å²) < 4.78 is 8.45. The molecule has 1 fully saturated rings. The van der Waals surface area contributed by atoms with Crippen molar-refractivity contribution < 1.29 is 9.53 Å². The van der Waals surface area contributed by atoms with Crippen LogP contribution in [0.4, 0.5) is 0 Å². The number of amides is 1. The maximum absolute atomic E-state index is 12.3. The average Bonchev–Trinajstić information content (AvgIpc) is 3.36. The molecule has 6 nitrogen and oxygen atoms in total. The lowest BCUT2D eigenvalue weighted by Crippen LogP contribution is -2.28. The van der Waals surface area contributed by atoms with Gasteiger partial charge in [-0.3, -0.25) is 14.5 Å². The van der Waals surface area contributed by atoms with Gasteiger partial charge in [0, 0.05) is 6.04 Å². The minimum absolute atomic E-state index is 0.0343. The summed E-state index contributed by atoms with van der Waals surface area (Å²) in [6, 6.07) is 8.62. The van der Waals surface area contributed by atoms with E-state index in [4.69, 9.17) is 17.0 Å². The minimum Gasteiger partial charge on any atom is -0.373 e. The second kappa shape index (κ2) is 6.49. The molecule has 2 aromatic rings. The third-order valence-electron chi connectivity index (χ3n) is 4.60. The highest BCUT2D eigenvalue weighted by Gasteiger charge is 2.27. The lowest BCUT2D eigenvalue weighted by Gasteiger charge is -2.25. The Balaban J connectivity index is 1.39.